The Morgan fingerprint density at radius 3 is 2.68 bits per heavy atom. The lowest BCUT2D eigenvalue weighted by atomic mass is 9.96. The number of hydrogen-bond donors (Lipinski definition) is 2. The number of fused-ring (bicyclic) bond motifs is 1. The van der Waals surface area contributed by atoms with Crippen LogP contribution in [0.3, 0.4) is 0 Å². The Hall–Kier alpha value is -3.96. The summed E-state index contributed by atoms with van der Waals surface area (Å²) >= 11 is 0. The monoisotopic (exact) mass is 528 g/mol. The van der Waals surface area contributed by atoms with Gasteiger partial charge in [0.15, 0.2) is 6.61 Å². The second-order valence-electron chi connectivity index (χ2n) is 9.62. The number of benzene rings is 1. The first-order valence-electron chi connectivity index (χ1n) is 12.5. The molecule has 2 aromatic heterocycles. The Bertz CT molecular complexity index is 1310. The summed E-state index contributed by atoms with van der Waals surface area (Å²) in [6.07, 6.45) is 3.33. The zero-order chi connectivity index (χ0) is 26.7. The van der Waals surface area contributed by atoms with E-state index in [-0.39, 0.29) is 23.5 Å². The molecule has 1 aliphatic carbocycles. The molecule has 1 fully saturated rings. The minimum absolute atomic E-state index is 0.00766. The number of rotatable bonds is 10. The maximum Gasteiger partial charge on any atom is 0.422 e. The van der Waals surface area contributed by atoms with Crippen molar-refractivity contribution >= 4 is 17.6 Å². The summed E-state index contributed by atoms with van der Waals surface area (Å²) in [4.78, 5) is 33.9. The van der Waals surface area contributed by atoms with Crippen LogP contribution in [-0.4, -0.2) is 50.4 Å². The van der Waals surface area contributed by atoms with Crippen LogP contribution in [0.25, 0.3) is 0 Å². The molecule has 0 spiro atoms. The molecule has 1 aliphatic heterocycles. The fourth-order valence-electron chi connectivity index (χ4n) is 4.49. The molecule has 200 valence electrons. The van der Waals surface area contributed by atoms with Gasteiger partial charge in [-0.2, -0.15) is 18.3 Å². The molecule has 1 atom stereocenters. The Morgan fingerprint density at radius 2 is 1.95 bits per heavy atom. The fraction of sp³-hybridized carbons (Fsp3) is 0.423. The van der Waals surface area contributed by atoms with E-state index in [2.05, 4.69) is 25.7 Å². The lowest BCUT2D eigenvalue weighted by molar-refractivity contribution is -0.153. The third-order valence-corrected chi connectivity index (χ3v) is 6.56. The number of aromatic nitrogens is 4. The SMILES string of the molecule is O=C(Nc1c2c(nn1CCC1CC1)C[C@H](CCc1cccc(OCC(F)(F)F)c1)NC2=O)c1ncccn1. The predicted molar refractivity (Wildman–Crippen MR) is 131 cm³/mol. The van der Waals surface area contributed by atoms with Crippen LogP contribution in [0.15, 0.2) is 42.7 Å². The first-order valence-corrected chi connectivity index (χ1v) is 12.5. The molecule has 2 aliphatic rings. The van der Waals surface area contributed by atoms with Gasteiger partial charge in [-0.1, -0.05) is 25.0 Å². The maximum absolute atomic E-state index is 13.2. The van der Waals surface area contributed by atoms with E-state index in [1.807, 2.05) is 6.07 Å². The number of halogens is 3. The van der Waals surface area contributed by atoms with Gasteiger partial charge in [0.25, 0.3) is 11.8 Å². The topological polar surface area (TPSA) is 111 Å². The summed E-state index contributed by atoms with van der Waals surface area (Å²) in [6, 6.07) is 7.90. The van der Waals surface area contributed by atoms with Gasteiger partial charge in [-0.05, 0) is 48.9 Å². The van der Waals surface area contributed by atoms with Crippen molar-refractivity contribution in [2.45, 2.75) is 57.3 Å². The number of ether oxygens (including phenoxy) is 1. The second-order valence-corrected chi connectivity index (χ2v) is 9.62. The molecule has 1 aromatic carbocycles. The Balaban J connectivity index is 1.28. The van der Waals surface area contributed by atoms with Gasteiger partial charge in [-0.15, -0.1) is 0 Å². The number of nitrogens with one attached hydrogen (secondary N) is 2. The highest BCUT2D eigenvalue weighted by Gasteiger charge is 2.33. The Kier molecular flexibility index (Phi) is 7.30. The van der Waals surface area contributed by atoms with Crippen molar-refractivity contribution in [1.29, 1.82) is 0 Å². The first-order chi connectivity index (χ1) is 18.2. The van der Waals surface area contributed by atoms with Crippen LogP contribution in [0.4, 0.5) is 19.0 Å². The molecule has 1 saturated carbocycles. The zero-order valence-electron chi connectivity index (χ0n) is 20.5. The number of hydrogen-bond acceptors (Lipinski definition) is 6. The molecule has 3 aromatic rings. The van der Waals surface area contributed by atoms with Crippen molar-refractivity contribution in [3.05, 3.63) is 65.4 Å². The summed E-state index contributed by atoms with van der Waals surface area (Å²) in [7, 11) is 0. The van der Waals surface area contributed by atoms with Gasteiger partial charge < -0.3 is 15.4 Å². The molecule has 38 heavy (non-hydrogen) atoms. The quantitative estimate of drug-likeness (QED) is 0.412. The van der Waals surface area contributed by atoms with Gasteiger partial charge in [0.2, 0.25) is 5.82 Å². The summed E-state index contributed by atoms with van der Waals surface area (Å²) in [5.74, 6) is 0.251. The van der Waals surface area contributed by atoms with Crippen LogP contribution in [0, 0.1) is 5.92 Å². The van der Waals surface area contributed by atoms with Crippen LogP contribution in [0.2, 0.25) is 0 Å². The molecule has 0 saturated heterocycles. The van der Waals surface area contributed by atoms with E-state index < -0.39 is 18.7 Å². The number of nitrogens with zero attached hydrogens (tertiary/aromatic N) is 4. The number of amides is 2. The smallest absolute Gasteiger partial charge is 0.422 e. The second kappa shape index (κ2) is 10.8. The third-order valence-electron chi connectivity index (χ3n) is 6.56. The van der Waals surface area contributed by atoms with E-state index in [1.54, 1.807) is 22.9 Å². The molecule has 0 unspecified atom stereocenters. The molecule has 9 nitrogen and oxygen atoms in total. The van der Waals surface area contributed by atoms with E-state index in [9.17, 15) is 22.8 Å². The number of alkyl halides is 3. The normalized spacial score (nSPS) is 17.0. The molecule has 2 N–H and O–H groups in total. The average molecular weight is 529 g/mol. The van der Waals surface area contributed by atoms with Crippen molar-refractivity contribution < 1.29 is 27.5 Å². The molecule has 12 heteroatoms. The van der Waals surface area contributed by atoms with Gasteiger partial charge >= 0.3 is 6.18 Å². The van der Waals surface area contributed by atoms with Crippen LogP contribution >= 0.6 is 0 Å². The highest BCUT2D eigenvalue weighted by molar-refractivity contribution is 6.07. The highest BCUT2D eigenvalue weighted by atomic mass is 19.4. The molecule has 0 bridgehead atoms. The average Bonchev–Trinajstić information content (AvgIpc) is 3.66. The van der Waals surface area contributed by atoms with Crippen LogP contribution < -0.4 is 15.4 Å². The summed E-state index contributed by atoms with van der Waals surface area (Å²) in [5, 5.41) is 10.5. The number of carbonyl (C=O) groups is 2. The van der Waals surface area contributed by atoms with E-state index in [1.165, 1.54) is 31.3 Å². The van der Waals surface area contributed by atoms with Crippen molar-refractivity contribution in [3.8, 4) is 5.75 Å². The fourth-order valence-corrected chi connectivity index (χ4v) is 4.49. The number of anilines is 1. The highest BCUT2D eigenvalue weighted by Crippen LogP contribution is 2.34. The molecular weight excluding hydrogens is 501 g/mol. The summed E-state index contributed by atoms with van der Waals surface area (Å²) in [5.41, 5.74) is 1.74. The Labute approximate surface area is 216 Å². The van der Waals surface area contributed by atoms with Crippen molar-refractivity contribution in [3.63, 3.8) is 0 Å². The van der Waals surface area contributed by atoms with Gasteiger partial charge in [-0.3, -0.25) is 9.59 Å². The molecular formula is C26H27F3N6O3. The van der Waals surface area contributed by atoms with Gasteiger partial charge in [0.1, 0.15) is 17.1 Å². The van der Waals surface area contributed by atoms with Gasteiger partial charge in [0.05, 0.1) is 5.69 Å². The van der Waals surface area contributed by atoms with E-state index in [0.29, 0.717) is 48.8 Å². The standard InChI is InChI=1S/C26H27F3N6O3/c27-26(28,29)15-38-19-4-1-3-17(13-19)7-8-18-14-20-21(24(36)32-18)23(35(34-20)12-9-16-5-6-16)33-25(37)22-30-10-2-11-31-22/h1-4,10-11,13,16,18H,5-9,12,14-15H2,(H,32,36)(H,33,37)/t18-/m0/s1. The molecule has 5 rings (SSSR count). The lowest BCUT2D eigenvalue weighted by Crippen LogP contribution is -2.41. The predicted octanol–water partition coefficient (Wildman–Crippen LogP) is 3.95. The van der Waals surface area contributed by atoms with Gasteiger partial charge in [0, 0.05) is 31.4 Å². The minimum Gasteiger partial charge on any atom is -0.484 e. The van der Waals surface area contributed by atoms with Gasteiger partial charge in [-0.25, -0.2) is 14.6 Å². The Morgan fingerprint density at radius 1 is 1.16 bits per heavy atom. The van der Waals surface area contributed by atoms with Crippen molar-refractivity contribution in [2.75, 3.05) is 11.9 Å². The molecule has 0 radical (unpaired) electrons. The maximum atomic E-state index is 13.2. The van der Waals surface area contributed by atoms with Crippen molar-refractivity contribution in [2.24, 2.45) is 5.92 Å². The minimum atomic E-state index is -4.41. The van der Waals surface area contributed by atoms with Crippen LogP contribution in [-0.2, 0) is 19.4 Å². The summed E-state index contributed by atoms with van der Waals surface area (Å²) < 4.78 is 43.9. The van der Waals surface area contributed by atoms with Crippen LogP contribution in [0.1, 0.15) is 57.9 Å². The number of carbonyl (C=O) groups excluding carboxylic acids is 2. The van der Waals surface area contributed by atoms with E-state index >= 15 is 0 Å². The van der Waals surface area contributed by atoms with E-state index in [4.69, 9.17) is 4.74 Å². The molecule has 2 amide bonds. The lowest BCUT2D eigenvalue weighted by Gasteiger charge is -2.23. The van der Waals surface area contributed by atoms with E-state index in [0.717, 1.165) is 12.0 Å². The largest absolute Gasteiger partial charge is 0.484 e. The summed E-state index contributed by atoms with van der Waals surface area (Å²) in [6.45, 7) is -0.776. The zero-order valence-corrected chi connectivity index (χ0v) is 20.5. The molecule has 3 heterocycles. The van der Waals surface area contributed by atoms with Crippen LogP contribution in [0.5, 0.6) is 5.75 Å². The number of aryl methyl sites for hydroxylation is 2. The first kappa shape index (κ1) is 25.7. The van der Waals surface area contributed by atoms with Crippen molar-refractivity contribution in [1.82, 2.24) is 25.1 Å². The third kappa shape index (κ3) is 6.48.